The van der Waals surface area contributed by atoms with Crippen LogP contribution in [-0.4, -0.2) is 38.7 Å². The number of benzene rings is 1. The molecule has 2 aromatic rings. The molecule has 6 nitrogen and oxygen atoms in total. The van der Waals surface area contributed by atoms with Crippen LogP contribution in [0.3, 0.4) is 0 Å². The average Bonchev–Trinajstić information content (AvgIpc) is 3.00. The molecule has 1 aliphatic heterocycles. The highest BCUT2D eigenvalue weighted by Crippen LogP contribution is 2.14. The van der Waals surface area contributed by atoms with Crippen LogP contribution in [-0.2, 0) is 13.1 Å². The van der Waals surface area contributed by atoms with E-state index >= 15 is 0 Å². The summed E-state index contributed by atoms with van der Waals surface area (Å²) >= 11 is 0. The first kappa shape index (κ1) is 13.3. The molecule has 1 aliphatic rings. The molecule has 106 valence electrons. The van der Waals surface area contributed by atoms with E-state index in [0.717, 1.165) is 17.9 Å². The fraction of sp³-hybridized carbons (Fsp3) is 0.267. The van der Waals surface area contributed by atoms with Crippen LogP contribution in [0.25, 0.3) is 0 Å². The van der Waals surface area contributed by atoms with Crippen molar-refractivity contribution in [1.29, 1.82) is 0 Å². The number of hydrogen-bond acceptors (Lipinski definition) is 4. The minimum Gasteiger partial charge on any atom is -0.329 e. The van der Waals surface area contributed by atoms with Gasteiger partial charge in [-0.15, -0.1) is 10.2 Å². The van der Waals surface area contributed by atoms with Crippen molar-refractivity contribution < 1.29 is 4.79 Å². The highest BCUT2D eigenvalue weighted by Gasteiger charge is 2.22. The molecule has 1 aromatic carbocycles. The minimum absolute atomic E-state index is 0.0133. The average molecular weight is 281 g/mol. The third-order valence-electron chi connectivity index (χ3n) is 3.37. The Kier molecular flexibility index (Phi) is 3.67. The molecule has 0 fully saturated rings. The molecule has 0 saturated heterocycles. The van der Waals surface area contributed by atoms with Gasteiger partial charge in [-0.3, -0.25) is 4.79 Å². The normalized spacial score (nSPS) is 13.3. The Bertz CT molecular complexity index is 725. The van der Waals surface area contributed by atoms with E-state index in [9.17, 15) is 4.79 Å². The van der Waals surface area contributed by atoms with E-state index in [1.165, 1.54) is 0 Å². The quantitative estimate of drug-likeness (QED) is 0.760. The topological polar surface area (TPSA) is 77.0 Å². The SMILES string of the molecule is NCC#Cc1cccc(C(=O)N2CCn3cnnc3C2)c1. The third kappa shape index (κ3) is 2.78. The Hall–Kier alpha value is -2.65. The molecule has 3 rings (SSSR count). The zero-order valence-corrected chi connectivity index (χ0v) is 11.5. The highest BCUT2D eigenvalue weighted by molar-refractivity contribution is 5.94. The fourth-order valence-electron chi connectivity index (χ4n) is 2.31. The lowest BCUT2D eigenvalue weighted by Crippen LogP contribution is -2.38. The third-order valence-corrected chi connectivity index (χ3v) is 3.37. The van der Waals surface area contributed by atoms with Crippen LogP contribution in [0, 0.1) is 11.8 Å². The number of carbonyl (C=O) groups is 1. The van der Waals surface area contributed by atoms with E-state index in [1.54, 1.807) is 23.4 Å². The van der Waals surface area contributed by atoms with Crippen molar-refractivity contribution in [3.63, 3.8) is 0 Å². The molecular formula is C15H15N5O. The summed E-state index contributed by atoms with van der Waals surface area (Å²) in [5.41, 5.74) is 6.79. The van der Waals surface area contributed by atoms with Gasteiger partial charge in [0, 0.05) is 24.2 Å². The Labute approximate surface area is 122 Å². The Morgan fingerprint density at radius 3 is 3.14 bits per heavy atom. The van der Waals surface area contributed by atoms with Gasteiger partial charge in [-0.2, -0.15) is 0 Å². The molecule has 21 heavy (non-hydrogen) atoms. The Morgan fingerprint density at radius 2 is 2.29 bits per heavy atom. The Morgan fingerprint density at radius 1 is 1.38 bits per heavy atom. The van der Waals surface area contributed by atoms with Gasteiger partial charge >= 0.3 is 0 Å². The summed E-state index contributed by atoms with van der Waals surface area (Å²) in [7, 11) is 0. The van der Waals surface area contributed by atoms with Crippen LogP contribution in [0.4, 0.5) is 0 Å². The summed E-state index contributed by atoms with van der Waals surface area (Å²) in [6, 6.07) is 7.30. The van der Waals surface area contributed by atoms with Gasteiger partial charge < -0.3 is 15.2 Å². The first-order chi connectivity index (χ1) is 10.3. The molecule has 6 heteroatoms. The standard InChI is InChI=1S/C15H15N5O/c16-6-2-4-12-3-1-5-13(9-12)15(21)19-7-8-20-11-17-18-14(20)10-19/h1,3,5,9,11H,6-8,10,16H2. The van der Waals surface area contributed by atoms with Crippen molar-refractivity contribution in [2.75, 3.05) is 13.1 Å². The summed E-state index contributed by atoms with van der Waals surface area (Å²) in [5.74, 6) is 6.53. The summed E-state index contributed by atoms with van der Waals surface area (Å²) in [6.07, 6.45) is 1.69. The van der Waals surface area contributed by atoms with Crippen molar-refractivity contribution in [3.05, 3.63) is 47.5 Å². The molecule has 0 bridgehead atoms. The monoisotopic (exact) mass is 281 g/mol. The summed E-state index contributed by atoms with van der Waals surface area (Å²) in [4.78, 5) is 14.3. The van der Waals surface area contributed by atoms with Crippen LogP contribution in [0.15, 0.2) is 30.6 Å². The molecule has 0 aliphatic carbocycles. The fourth-order valence-corrected chi connectivity index (χ4v) is 2.31. The van der Waals surface area contributed by atoms with E-state index in [1.807, 2.05) is 16.7 Å². The maximum absolute atomic E-state index is 12.6. The number of fused-ring (bicyclic) bond motifs is 1. The number of carbonyl (C=O) groups excluding carboxylic acids is 1. The maximum atomic E-state index is 12.6. The molecule has 1 aromatic heterocycles. The molecule has 0 radical (unpaired) electrons. The number of aromatic nitrogens is 3. The van der Waals surface area contributed by atoms with Crippen LogP contribution in [0.1, 0.15) is 21.7 Å². The summed E-state index contributed by atoms with van der Waals surface area (Å²) in [6.45, 7) is 2.17. The van der Waals surface area contributed by atoms with E-state index in [2.05, 4.69) is 22.0 Å². The first-order valence-corrected chi connectivity index (χ1v) is 6.73. The molecule has 2 heterocycles. The van der Waals surface area contributed by atoms with E-state index < -0.39 is 0 Å². The number of rotatable bonds is 1. The smallest absolute Gasteiger partial charge is 0.254 e. The predicted octanol–water partition coefficient (Wildman–Crippen LogP) is 0.244. The largest absolute Gasteiger partial charge is 0.329 e. The zero-order valence-electron chi connectivity index (χ0n) is 11.5. The number of nitrogens with zero attached hydrogens (tertiary/aromatic N) is 4. The van der Waals surface area contributed by atoms with Crippen LogP contribution < -0.4 is 5.73 Å². The van der Waals surface area contributed by atoms with Crippen molar-refractivity contribution in [1.82, 2.24) is 19.7 Å². The van der Waals surface area contributed by atoms with Crippen molar-refractivity contribution in [3.8, 4) is 11.8 Å². The molecule has 2 N–H and O–H groups in total. The van der Waals surface area contributed by atoms with Crippen molar-refractivity contribution >= 4 is 5.91 Å². The molecule has 0 unspecified atom stereocenters. The van der Waals surface area contributed by atoms with Gasteiger partial charge in [-0.25, -0.2) is 0 Å². The van der Waals surface area contributed by atoms with Gasteiger partial charge in [0.2, 0.25) is 0 Å². The van der Waals surface area contributed by atoms with E-state index in [4.69, 9.17) is 5.73 Å². The van der Waals surface area contributed by atoms with Gasteiger partial charge in [0.1, 0.15) is 6.33 Å². The van der Waals surface area contributed by atoms with Crippen molar-refractivity contribution in [2.45, 2.75) is 13.1 Å². The molecule has 1 amide bonds. The van der Waals surface area contributed by atoms with Crippen LogP contribution in [0.2, 0.25) is 0 Å². The summed E-state index contributed by atoms with van der Waals surface area (Å²) in [5, 5.41) is 7.89. The number of nitrogens with two attached hydrogens (primary N) is 1. The van der Waals surface area contributed by atoms with Gasteiger partial charge in [-0.05, 0) is 18.2 Å². The minimum atomic E-state index is -0.0133. The van der Waals surface area contributed by atoms with Crippen LogP contribution in [0.5, 0.6) is 0 Å². The van der Waals surface area contributed by atoms with Gasteiger partial charge in [-0.1, -0.05) is 17.9 Å². The van der Waals surface area contributed by atoms with Crippen LogP contribution >= 0.6 is 0 Å². The lowest BCUT2D eigenvalue weighted by atomic mass is 10.1. The summed E-state index contributed by atoms with van der Waals surface area (Å²) < 4.78 is 1.97. The van der Waals surface area contributed by atoms with Gasteiger partial charge in [0.15, 0.2) is 5.82 Å². The van der Waals surface area contributed by atoms with Gasteiger partial charge in [0.05, 0.1) is 13.1 Å². The van der Waals surface area contributed by atoms with E-state index in [-0.39, 0.29) is 5.91 Å². The number of amides is 1. The zero-order chi connectivity index (χ0) is 14.7. The molecule has 0 spiro atoms. The molecule has 0 saturated carbocycles. The predicted molar refractivity (Wildman–Crippen MR) is 77.1 cm³/mol. The Balaban J connectivity index is 1.80. The maximum Gasteiger partial charge on any atom is 0.254 e. The molecular weight excluding hydrogens is 266 g/mol. The van der Waals surface area contributed by atoms with Gasteiger partial charge in [0.25, 0.3) is 5.91 Å². The number of hydrogen-bond donors (Lipinski definition) is 1. The lowest BCUT2D eigenvalue weighted by molar-refractivity contribution is 0.0707. The second-order valence-corrected chi connectivity index (χ2v) is 4.75. The van der Waals surface area contributed by atoms with Crippen molar-refractivity contribution in [2.24, 2.45) is 5.73 Å². The van der Waals surface area contributed by atoms with E-state index in [0.29, 0.717) is 25.2 Å². The highest BCUT2D eigenvalue weighted by atomic mass is 16.2. The molecule has 0 atom stereocenters. The second kappa shape index (κ2) is 5.77. The lowest BCUT2D eigenvalue weighted by Gasteiger charge is -2.27. The second-order valence-electron chi connectivity index (χ2n) is 4.75. The first-order valence-electron chi connectivity index (χ1n) is 6.73.